The van der Waals surface area contributed by atoms with E-state index in [0.29, 0.717) is 11.6 Å². The van der Waals surface area contributed by atoms with Gasteiger partial charge in [-0.3, -0.25) is 4.57 Å². The minimum atomic E-state index is 0.433. The summed E-state index contributed by atoms with van der Waals surface area (Å²) in [6, 6.07) is 15.3. The maximum Gasteiger partial charge on any atom is 0.164 e. The predicted molar refractivity (Wildman–Crippen MR) is 93.1 cm³/mol. The number of aromatic nitrogens is 4. The fourth-order valence-electron chi connectivity index (χ4n) is 2.68. The zero-order valence-corrected chi connectivity index (χ0v) is 13.0. The van der Waals surface area contributed by atoms with E-state index >= 15 is 0 Å². The molecule has 0 spiro atoms. The summed E-state index contributed by atoms with van der Waals surface area (Å²) in [5, 5.41) is 0. The van der Waals surface area contributed by atoms with E-state index in [0.717, 1.165) is 28.2 Å². The van der Waals surface area contributed by atoms with Crippen molar-refractivity contribution in [3.05, 3.63) is 60.9 Å². The van der Waals surface area contributed by atoms with Crippen molar-refractivity contribution in [2.75, 3.05) is 12.8 Å². The molecule has 0 bridgehead atoms. The summed E-state index contributed by atoms with van der Waals surface area (Å²) in [7, 11) is 1.64. The first-order valence-corrected chi connectivity index (χ1v) is 7.46. The molecule has 24 heavy (non-hydrogen) atoms. The molecule has 1 aromatic carbocycles. The number of methoxy groups -OCH3 is 1. The molecule has 3 aromatic heterocycles. The number of hydrogen-bond donors (Lipinski definition) is 1. The van der Waals surface area contributed by atoms with Crippen molar-refractivity contribution in [2.45, 2.75) is 0 Å². The van der Waals surface area contributed by atoms with E-state index in [1.54, 1.807) is 19.5 Å². The first kappa shape index (κ1) is 14.2. The highest BCUT2D eigenvalue weighted by Crippen LogP contribution is 2.30. The summed E-state index contributed by atoms with van der Waals surface area (Å²) >= 11 is 0. The quantitative estimate of drug-likeness (QED) is 0.628. The zero-order chi connectivity index (χ0) is 16.5. The molecule has 0 saturated carbocycles. The normalized spacial score (nSPS) is 10.9. The number of rotatable bonds is 3. The lowest BCUT2D eigenvalue weighted by Crippen LogP contribution is -2.01. The first-order valence-electron chi connectivity index (χ1n) is 7.46. The van der Waals surface area contributed by atoms with Crippen LogP contribution >= 0.6 is 0 Å². The highest BCUT2D eigenvalue weighted by atomic mass is 16.5. The monoisotopic (exact) mass is 317 g/mol. The second kappa shape index (κ2) is 5.66. The molecule has 2 N–H and O–H groups in total. The van der Waals surface area contributed by atoms with Crippen LogP contribution < -0.4 is 10.5 Å². The smallest absolute Gasteiger partial charge is 0.164 e. The van der Waals surface area contributed by atoms with E-state index in [1.165, 1.54) is 0 Å². The van der Waals surface area contributed by atoms with Crippen LogP contribution in [0.5, 0.6) is 5.75 Å². The second-order valence-corrected chi connectivity index (χ2v) is 5.25. The number of imidazole rings is 1. The van der Waals surface area contributed by atoms with E-state index < -0.39 is 0 Å². The Bertz CT molecular complexity index is 1010. The van der Waals surface area contributed by atoms with E-state index in [1.807, 2.05) is 53.1 Å². The van der Waals surface area contributed by atoms with E-state index in [4.69, 9.17) is 15.5 Å². The number of ether oxygens (including phenoxy) is 1. The summed E-state index contributed by atoms with van der Waals surface area (Å²) in [5.74, 6) is 1.93. The van der Waals surface area contributed by atoms with Crippen LogP contribution in [-0.4, -0.2) is 26.6 Å². The van der Waals surface area contributed by atoms with Crippen LogP contribution in [0.4, 0.5) is 5.82 Å². The van der Waals surface area contributed by atoms with Gasteiger partial charge in [-0.2, -0.15) is 0 Å². The third-order valence-electron chi connectivity index (χ3n) is 3.83. The van der Waals surface area contributed by atoms with Gasteiger partial charge < -0.3 is 10.5 Å². The van der Waals surface area contributed by atoms with Gasteiger partial charge in [-0.25, -0.2) is 15.0 Å². The van der Waals surface area contributed by atoms with Crippen molar-refractivity contribution in [2.24, 2.45) is 0 Å². The molecule has 4 rings (SSSR count). The van der Waals surface area contributed by atoms with Gasteiger partial charge in [0.1, 0.15) is 17.1 Å². The van der Waals surface area contributed by atoms with Crippen molar-refractivity contribution < 1.29 is 4.74 Å². The van der Waals surface area contributed by atoms with Crippen molar-refractivity contribution >= 4 is 17.0 Å². The molecule has 0 aliphatic heterocycles. The van der Waals surface area contributed by atoms with Crippen molar-refractivity contribution in [3.63, 3.8) is 0 Å². The van der Waals surface area contributed by atoms with Crippen LogP contribution in [0, 0.1) is 0 Å². The number of benzene rings is 1. The molecular weight excluding hydrogens is 302 g/mol. The zero-order valence-electron chi connectivity index (χ0n) is 13.0. The van der Waals surface area contributed by atoms with Gasteiger partial charge in [0.15, 0.2) is 11.5 Å². The van der Waals surface area contributed by atoms with Crippen molar-refractivity contribution in [1.82, 2.24) is 19.5 Å². The van der Waals surface area contributed by atoms with Crippen LogP contribution in [-0.2, 0) is 0 Å². The minimum Gasteiger partial charge on any atom is -0.497 e. The predicted octanol–water partition coefficient (Wildman–Crippen LogP) is 3.07. The SMILES string of the molecule is COc1ccc(-n2c(-c3cccnc3N)nc3cccnc32)cc1. The lowest BCUT2D eigenvalue weighted by molar-refractivity contribution is 0.415. The summed E-state index contributed by atoms with van der Waals surface area (Å²) in [6.07, 6.45) is 3.41. The maximum absolute atomic E-state index is 6.06. The standard InChI is InChI=1S/C18H15N5O/c1-24-13-8-6-12(7-9-13)23-17(14-4-2-10-20-16(14)19)22-15-5-3-11-21-18(15)23/h2-11H,1H3,(H2,19,20). The van der Waals surface area contributed by atoms with Crippen LogP contribution in [0.1, 0.15) is 0 Å². The third-order valence-corrected chi connectivity index (χ3v) is 3.83. The van der Waals surface area contributed by atoms with Gasteiger partial charge in [-0.1, -0.05) is 0 Å². The number of anilines is 1. The summed E-state index contributed by atoms with van der Waals surface area (Å²) < 4.78 is 7.21. The van der Waals surface area contributed by atoms with Gasteiger partial charge >= 0.3 is 0 Å². The maximum atomic E-state index is 6.06. The van der Waals surface area contributed by atoms with E-state index in [-0.39, 0.29) is 0 Å². The second-order valence-electron chi connectivity index (χ2n) is 5.25. The van der Waals surface area contributed by atoms with E-state index in [9.17, 15) is 0 Å². The molecular formula is C18H15N5O. The Hall–Kier alpha value is -3.41. The fourth-order valence-corrected chi connectivity index (χ4v) is 2.68. The summed E-state index contributed by atoms with van der Waals surface area (Å²) in [4.78, 5) is 13.4. The van der Waals surface area contributed by atoms with Crippen LogP contribution in [0.2, 0.25) is 0 Å². The topological polar surface area (TPSA) is 78.9 Å². The van der Waals surface area contributed by atoms with Gasteiger partial charge in [0, 0.05) is 18.1 Å². The lowest BCUT2D eigenvalue weighted by atomic mass is 10.2. The molecule has 3 heterocycles. The Morgan fingerprint density at radius 3 is 2.46 bits per heavy atom. The molecule has 0 unspecified atom stereocenters. The summed E-state index contributed by atoms with van der Waals surface area (Å²) in [6.45, 7) is 0. The van der Waals surface area contributed by atoms with Crippen molar-refractivity contribution in [1.29, 1.82) is 0 Å². The number of fused-ring (bicyclic) bond motifs is 1. The molecule has 0 amide bonds. The number of nitrogens with two attached hydrogens (primary N) is 1. The van der Waals surface area contributed by atoms with Gasteiger partial charge in [-0.05, 0) is 48.5 Å². The largest absolute Gasteiger partial charge is 0.497 e. The molecule has 6 heteroatoms. The molecule has 0 saturated heterocycles. The van der Waals surface area contributed by atoms with E-state index in [2.05, 4.69) is 9.97 Å². The molecule has 0 aliphatic rings. The molecule has 118 valence electrons. The highest BCUT2D eigenvalue weighted by Gasteiger charge is 2.17. The average Bonchev–Trinajstić information content (AvgIpc) is 3.01. The van der Waals surface area contributed by atoms with Crippen LogP contribution in [0.25, 0.3) is 28.2 Å². The fraction of sp³-hybridized carbons (Fsp3) is 0.0556. The molecule has 0 atom stereocenters. The number of nitrogen functional groups attached to an aromatic ring is 1. The molecule has 0 fully saturated rings. The average molecular weight is 317 g/mol. The van der Waals surface area contributed by atoms with Crippen LogP contribution in [0.3, 0.4) is 0 Å². The van der Waals surface area contributed by atoms with Gasteiger partial charge in [-0.15, -0.1) is 0 Å². The molecule has 4 aromatic rings. The first-order chi connectivity index (χ1) is 11.8. The Morgan fingerprint density at radius 1 is 0.958 bits per heavy atom. The Kier molecular flexibility index (Phi) is 3.35. The van der Waals surface area contributed by atoms with Crippen molar-refractivity contribution in [3.8, 4) is 22.8 Å². The van der Waals surface area contributed by atoms with Gasteiger partial charge in [0.05, 0.1) is 12.7 Å². The number of hydrogen-bond acceptors (Lipinski definition) is 5. The minimum absolute atomic E-state index is 0.433. The number of nitrogens with zero attached hydrogens (tertiary/aromatic N) is 4. The van der Waals surface area contributed by atoms with Gasteiger partial charge in [0.25, 0.3) is 0 Å². The molecule has 6 nitrogen and oxygen atoms in total. The Labute approximate surface area is 138 Å². The van der Waals surface area contributed by atoms with Gasteiger partial charge in [0.2, 0.25) is 0 Å². The lowest BCUT2D eigenvalue weighted by Gasteiger charge is -2.10. The molecule has 0 radical (unpaired) electrons. The van der Waals surface area contributed by atoms with Crippen LogP contribution in [0.15, 0.2) is 60.9 Å². The Balaban J connectivity index is 2.01. The number of pyridine rings is 2. The Morgan fingerprint density at radius 2 is 1.71 bits per heavy atom. The summed E-state index contributed by atoms with van der Waals surface area (Å²) in [5.41, 5.74) is 9.32. The molecule has 0 aliphatic carbocycles. The highest BCUT2D eigenvalue weighted by molar-refractivity contribution is 5.82. The third kappa shape index (κ3) is 2.25.